The number of halogens is 1. The monoisotopic (exact) mass is 258 g/mol. The van der Waals surface area contributed by atoms with Crippen LogP contribution in [0.5, 0.6) is 0 Å². The average molecular weight is 259 g/mol. The van der Waals surface area contributed by atoms with Gasteiger partial charge in [-0.1, -0.05) is 34.7 Å². The molecular weight excluding hydrogens is 244 g/mol. The molecule has 0 saturated heterocycles. The number of nitrogens with one attached hydrogen (secondary N) is 1. The maximum atomic E-state index is 11.3. The van der Waals surface area contributed by atoms with Gasteiger partial charge in [0.05, 0.1) is 0 Å². The molecule has 14 heavy (non-hydrogen) atoms. The largest absolute Gasteiger partial charge is 0.331 e. The first-order chi connectivity index (χ1) is 6.51. The maximum absolute atomic E-state index is 11.3. The van der Waals surface area contributed by atoms with Crippen LogP contribution in [-0.4, -0.2) is 25.0 Å². The van der Waals surface area contributed by atoms with E-state index < -0.39 is 0 Å². The Morgan fingerprint density at radius 3 is 2.43 bits per heavy atom. The summed E-state index contributed by atoms with van der Waals surface area (Å²) in [7, 11) is 3.38. The van der Waals surface area contributed by atoms with Gasteiger partial charge in [0.1, 0.15) is 0 Å². The van der Waals surface area contributed by atoms with Gasteiger partial charge in [-0.3, -0.25) is 0 Å². The van der Waals surface area contributed by atoms with Gasteiger partial charge < -0.3 is 10.2 Å². The Morgan fingerprint density at radius 2 is 2.07 bits per heavy atom. The van der Waals surface area contributed by atoms with Crippen LogP contribution >= 0.6 is 15.9 Å². The molecule has 0 aromatic rings. The summed E-state index contributed by atoms with van der Waals surface area (Å²) in [5.74, 6) is 0. The van der Waals surface area contributed by atoms with E-state index in [9.17, 15) is 4.79 Å². The lowest BCUT2D eigenvalue weighted by Crippen LogP contribution is -2.33. The van der Waals surface area contributed by atoms with Crippen molar-refractivity contribution in [1.82, 2.24) is 10.2 Å². The van der Waals surface area contributed by atoms with Crippen molar-refractivity contribution in [3.8, 4) is 0 Å². The second kappa shape index (κ2) is 6.43. The van der Waals surface area contributed by atoms with Gasteiger partial charge in [-0.25, -0.2) is 4.79 Å². The van der Waals surface area contributed by atoms with Crippen molar-refractivity contribution in [2.75, 3.05) is 14.1 Å². The standard InChI is InChI=1S/C10H15BrN2O/c1-5-8(11)7-9(6-2)12-10(14)13(3)4/h5-7H,1H2,2-4H3,(H,12,14)/b8-7+,9-6+. The van der Waals surface area contributed by atoms with Gasteiger partial charge in [-0.2, -0.15) is 0 Å². The van der Waals surface area contributed by atoms with E-state index in [1.165, 1.54) is 4.90 Å². The predicted molar refractivity (Wildman–Crippen MR) is 63.2 cm³/mol. The van der Waals surface area contributed by atoms with Crippen LogP contribution in [0.25, 0.3) is 0 Å². The first-order valence-corrected chi connectivity index (χ1v) is 4.94. The molecule has 0 unspecified atom stereocenters. The fraction of sp³-hybridized carbons (Fsp3) is 0.300. The first-order valence-electron chi connectivity index (χ1n) is 4.15. The maximum Gasteiger partial charge on any atom is 0.321 e. The summed E-state index contributed by atoms with van der Waals surface area (Å²) in [5, 5.41) is 2.73. The molecule has 78 valence electrons. The molecule has 3 nitrogen and oxygen atoms in total. The van der Waals surface area contributed by atoms with E-state index in [0.717, 1.165) is 10.2 Å². The highest BCUT2D eigenvalue weighted by molar-refractivity contribution is 9.11. The molecule has 0 atom stereocenters. The lowest BCUT2D eigenvalue weighted by Gasteiger charge is -2.12. The molecule has 0 fully saturated rings. The van der Waals surface area contributed by atoms with Crippen LogP contribution in [0.1, 0.15) is 6.92 Å². The molecule has 0 aromatic heterocycles. The van der Waals surface area contributed by atoms with Crippen molar-refractivity contribution < 1.29 is 4.79 Å². The molecular formula is C10H15BrN2O. The molecule has 0 rings (SSSR count). The molecule has 0 aliphatic heterocycles. The van der Waals surface area contributed by atoms with Crippen LogP contribution in [0, 0.1) is 0 Å². The van der Waals surface area contributed by atoms with Gasteiger partial charge in [-0.15, -0.1) is 0 Å². The zero-order valence-electron chi connectivity index (χ0n) is 8.67. The van der Waals surface area contributed by atoms with E-state index in [1.54, 1.807) is 26.2 Å². The van der Waals surface area contributed by atoms with Crippen LogP contribution in [-0.2, 0) is 0 Å². The van der Waals surface area contributed by atoms with Gasteiger partial charge >= 0.3 is 6.03 Å². The molecule has 0 aliphatic rings. The fourth-order valence-corrected chi connectivity index (χ4v) is 0.881. The van der Waals surface area contributed by atoms with Crippen molar-refractivity contribution in [2.24, 2.45) is 0 Å². The van der Waals surface area contributed by atoms with E-state index in [0.29, 0.717) is 0 Å². The Hall–Kier alpha value is -1.03. The van der Waals surface area contributed by atoms with E-state index >= 15 is 0 Å². The van der Waals surface area contributed by atoms with Crippen molar-refractivity contribution in [3.05, 3.63) is 35.0 Å². The molecule has 0 saturated carbocycles. The first kappa shape index (κ1) is 13.0. The topological polar surface area (TPSA) is 32.3 Å². The molecule has 0 bridgehead atoms. The number of carbonyl (C=O) groups is 1. The molecule has 1 N–H and O–H groups in total. The normalized spacial score (nSPS) is 12.3. The Bertz CT molecular complexity index is 280. The third-order valence-corrected chi connectivity index (χ3v) is 2.01. The molecule has 0 aromatic carbocycles. The fourth-order valence-electron chi connectivity index (χ4n) is 0.634. The summed E-state index contributed by atoms with van der Waals surface area (Å²) in [5.41, 5.74) is 0.732. The van der Waals surface area contributed by atoms with Gasteiger partial charge in [0.25, 0.3) is 0 Å². The highest BCUT2D eigenvalue weighted by Crippen LogP contribution is 2.08. The highest BCUT2D eigenvalue weighted by Gasteiger charge is 2.03. The molecule has 0 spiro atoms. The minimum Gasteiger partial charge on any atom is -0.331 e. The average Bonchev–Trinajstić information content (AvgIpc) is 2.16. The van der Waals surface area contributed by atoms with Gasteiger partial charge in [0, 0.05) is 24.3 Å². The molecule has 4 heteroatoms. The number of allylic oxidation sites excluding steroid dienone is 4. The smallest absolute Gasteiger partial charge is 0.321 e. The summed E-state index contributed by atoms with van der Waals surface area (Å²) in [4.78, 5) is 12.8. The number of hydrogen-bond donors (Lipinski definition) is 1. The third-order valence-electron chi connectivity index (χ3n) is 1.46. The summed E-state index contributed by atoms with van der Waals surface area (Å²) < 4.78 is 0.824. The number of hydrogen-bond acceptors (Lipinski definition) is 1. The lowest BCUT2D eigenvalue weighted by molar-refractivity contribution is 0.220. The summed E-state index contributed by atoms with van der Waals surface area (Å²) in [6.45, 7) is 5.45. The quantitative estimate of drug-likeness (QED) is 0.776. The number of rotatable bonds is 3. The number of amides is 2. The Morgan fingerprint density at radius 1 is 1.50 bits per heavy atom. The van der Waals surface area contributed by atoms with E-state index in [1.807, 2.05) is 13.0 Å². The summed E-state index contributed by atoms with van der Waals surface area (Å²) >= 11 is 3.28. The zero-order chi connectivity index (χ0) is 11.1. The van der Waals surface area contributed by atoms with Gasteiger partial charge in [0.15, 0.2) is 0 Å². The predicted octanol–water partition coefficient (Wildman–Crippen LogP) is 2.63. The van der Waals surface area contributed by atoms with Gasteiger partial charge in [-0.05, 0) is 13.0 Å². The van der Waals surface area contributed by atoms with E-state index in [-0.39, 0.29) is 6.03 Å². The number of urea groups is 1. The second-order valence-corrected chi connectivity index (χ2v) is 3.72. The SMILES string of the molecule is C=C/C(Br)=C\C(=C/C)NC(=O)N(C)C. The van der Waals surface area contributed by atoms with Crippen LogP contribution < -0.4 is 5.32 Å². The Kier molecular flexibility index (Phi) is 5.95. The molecule has 0 aliphatic carbocycles. The minimum absolute atomic E-state index is 0.154. The lowest BCUT2D eigenvalue weighted by atomic mass is 10.3. The van der Waals surface area contributed by atoms with Crippen molar-refractivity contribution in [2.45, 2.75) is 6.92 Å². The van der Waals surface area contributed by atoms with Gasteiger partial charge in [0.2, 0.25) is 0 Å². The second-order valence-electron chi connectivity index (χ2n) is 2.80. The highest BCUT2D eigenvalue weighted by atomic mass is 79.9. The van der Waals surface area contributed by atoms with Crippen molar-refractivity contribution >= 4 is 22.0 Å². The Labute approximate surface area is 93.3 Å². The molecule has 2 amide bonds. The van der Waals surface area contributed by atoms with Crippen molar-refractivity contribution in [1.29, 1.82) is 0 Å². The number of carbonyl (C=O) groups excluding carboxylic acids is 1. The van der Waals surface area contributed by atoms with Crippen LogP contribution in [0.15, 0.2) is 35.0 Å². The minimum atomic E-state index is -0.154. The molecule has 0 radical (unpaired) electrons. The number of nitrogens with zero attached hydrogens (tertiary/aromatic N) is 1. The third kappa shape index (κ3) is 4.87. The summed E-state index contributed by atoms with van der Waals surface area (Å²) in [6, 6.07) is -0.154. The Balaban J connectivity index is 4.48. The van der Waals surface area contributed by atoms with Crippen molar-refractivity contribution in [3.63, 3.8) is 0 Å². The van der Waals surface area contributed by atoms with Crippen LogP contribution in [0.3, 0.4) is 0 Å². The van der Waals surface area contributed by atoms with E-state index in [2.05, 4.69) is 27.8 Å². The van der Waals surface area contributed by atoms with Crippen LogP contribution in [0.2, 0.25) is 0 Å². The van der Waals surface area contributed by atoms with Crippen LogP contribution in [0.4, 0.5) is 4.79 Å². The summed E-state index contributed by atoms with van der Waals surface area (Å²) in [6.07, 6.45) is 5.26. The van der Waals surface area contributed by atoms with E-state index in [4.69, 9.17) is 0 Å². The molecule has 0 heterocycles. The zero-order valence-corrected chi connectivity index (χ0v) is 10.3.